The standard InChI is InChI=1S/C20H14I2N2O4/c21-13-5-1-3-7-15(13)23-17-9-11(19(25)26)12(20(27)28)10-18(17)24-16-8-4-2-6-14(16)22/h1-10,23-24H,(H,25,26)(H,27,28). The number of halogens is 2. The number of carboxylic acids is 2. The predicted molar refractivity (Wildman–Crippen MR) is 125 cm³/mol. The molecule has 0 aliphatic heterocycles. The van der Waals surface area contributed by atoms with Crippen LogP contribution in [0.3, 0.4) is 0 Å². The van der Waals surface area contributed by atoms with Crippen molar-refractivity contribution in [2.45, 2.75) is 0 Å². The molecule has 0 bridgehead atoms. The van der Waals surface area contributed by atoms with Gasteiger partial charge >= 0.3 is 11.9 Å². The second kappa shape index (κ2) is 8.78. The number of carboxylic acid groups (broad SMARTS) is 2. The SMILES string of the molecule is O=C(O)c1cc(Nc2ccccc2I)c(Nc2ccccc2I)cc1C(=O)O. The molecule has 0 amide bonds. The molecule has 0 aliphatic rings. The fourth-order valence-corrected chi connectivity index (χ4v) is 3.62. The van der Waals surface area contributed by atoms with E-state index in [1.54, 1.807) is 0 Å². The lowest BCUT2D eigenvalue weighted by Crippen LogP contribution is -2.11. The zero-order valence-electron chi connectivity index (χ0n) is 14.2. The molecule has 4 N–H and O–H groups in total. The first-order chi connectivity index (χ1) is 13.4. The van der Waals surface area contributed by atoms with Gasteiger partial charge in [0.15, 0.2) is 0 Å². The van der Waals surface area contributed by atoms with Gasteiger partial charge in [0, 0.05) is 7.14 Å². The number of benzene rings is 3. The van der Waals surface area contributed by atoms with Crippen LogP contribution in [0.2, 0.25) is 0 Å². The fourth-order valence-electron chi connectivity index (χ4n) is 2.58. The van der Waals surface area contributed by atoms with Gasteiger partial charge in [0.25, 0.3) is 0 Å². The third kappa shape index (κ3) is 4.55. The molecule has 3 aromatic carbocycles. The van der Waals surface area contributed by atoms with Crippen molar-refractivity contribution in [1.29, 1.82) is 0 Å². The topological polar surface area (TPSA) is 98.7 Å². The average molecular weight is 600 g/mol. The summed E-state index contributed by atoms with van der Waals surface area (Å²) in [5.74, 6) is -2.60. The molecular formula is C20H14I2N2O4. The van der Waals surface area contributed by atoms with E-state index in [9.17, 15) is 19.8 Å². The van der Waals surface area contributed by atoms with Gasteiger partial charge in [-0.2, -0.15) is 0 Å². The molecule has 0 fully saturated rings. The Bertz CT molecular complexity index is 985. The number of hydrogen-bond acceptors (Lipinski definition) is 4. The minimum absolute atomic E-state index is 0.283. The van der Waals surface area contributed by atoms with Crippen LogP contribution < -0.4 is 10.6 Å². The largest absolute Gasteiger partial charge is 0.478 e. The maximum absolute atomic E-state index is 11.6. The normalized spacial score (nSPS) is 10.4. The molecule has 0 spiro atoms. The summed E-state index contributed by atoms with van der Waals surface area (Å²) in [6, 6.07) is 17.8. The van der Waals surface area contributed by atoms with Crippen molar-refractivity contribution in [3.05, 3.63) is 78.9 Å². The molecule has 0 radical (unpaired) electrons. The highest BCUT2D eigenvalue weighted by Crippen LogP contribution is 2.34. The lowest BCUT2D eigenvalue weighted by Gasteiger charge is -2.18. The lowest BCUT2D eigenvalue weighted by atomic mass is 10.0. The number of nitrogens with one attached hydrogen (secondary N) is 2. The van der Waals surface area contributed by atoms with Gasteiger partial charge in [-0.1, -0.05) is 24.3 Å². The van der Waals surface area contributed by atoms with Crippen LogP contribution in [0, 0.1) is 7.14 Å². The summed E-state index contributed by atoms with van der Waals surface area (Å²) in [4.78, 5) is 23.2. The quantitative estimate of drug-likeness (QED) is 0.268. The molecule has 28 heavy (non-hydrogen) atoms. The summed E-state index contributed by atoms with van der Waals surface area (Å²) in [5.41, 5.74) is 1.93. The maximum Gasteiger partial charge on any atom is 0.336 e. The van der Waals surface area contributed by atoms with Crippen LogP contribution in [0.5, 0.6) is 0 Å². The average Bonchev–Trinajstić information content (AvgIpc) is 2.66. The minimum atomic E-state index is -1.30. The Hall–Kier alpha value is -2.34. The maximum atomic E-state index is 11.6. The van der Waals surface area contributed by atoms with Crippen LogP contribution in [-0.4, -0.2) is 22.2 Å². The van der Waals surface area contributed by atoms with Gasteiger partial charge in [0.2, 0.25) is 0 Å². The molecule has 3 aromatic rings. The summed E-state index contributed by atoms with van der Waals surface area (Å²) in [7, 11) is 0. The Morgan fingerprint density at radius 3 is 1.32 bits per heavy atom. The first-order valence-electron chi connectivity index (χ1n) is 8.04. The third-order valence-corrected chi connectivity index (χ3v) is 5.79. The van der Waals surface area contributed by atoms with E-state index in [2.05, 4.69) is 55.8 Å². The van der Waals surface area contributed by atoms with E-state index in [1.807, 2.05) is 48.5 Å². The van der Waals surface area contributed by atoms with Gasteiger partial charge in [0.1, 0.15) is 0 Å². The predicted octanol–water partition coefficient (Wildman–Crippen LogP) is 5.78. The Labute approximate surface area is 188 Å². The summed E-state index contributed by atoms with van der Waals surface area (Å²) in [6.07, 6.45) is 0. The molecule has 3 rings (SSSR count). The number of carbonyl (C=O) groups is 2. The van der Waals surface area contributed by atoms with Crippen LogP contribution in [0.15, 0.2) is 60.7 Å². The monoisotopic (exact) mass is 600 g/mol. The Morgan fingerprint density at radius 1 is 0.643 bits per heavy atom. The molecule has 0 unspecified atom stereocenters. The van der Waals surface area contributed by atoms with Gasteiger partial charge < -0.3 is 20.8 Å². The first kappa shape index (κ1) is 20.4. The Morgan fingerprint density at radius 2 is 1.00 bits per heavy atom. The van der Waals surface area contributed by atoms with Crippen molar-refractivity contribution >= 4 is 79.9 Å². The Balaban J connectivity index is 2.15. The van der Waals surface area contributed by atoms with Gasteiger partial charge in [-0.05, 0) is 81.6 Å². The molecule has 0 saturated carbocycles. The number of rotatable bonds is 6. The van der Waals surface area contributed by atoms with Gasteiger partial charge in [-0.3, -0.25) is 0 Å². The lowest BCUT2D eigenvalue weighted by molar-refractivity contribution is 0.0651. The smallest absolute Gasteiger partial charge is 0.336 e. The molecule has 6 nitrogen and oxygen atoms in total. The van der Waals surface area contributed by atoms with Crippen molar-refractivity contribution in [3.8, 4) is 0 Å². The van der Waals surface area contributed by atoms with Crippen molar-refractivity contribution in [2.24, 2.45) is 0 Å². The number of para-hydroxylation sites is 2. The molecule has 0 heterocycles. The highest BCUT2D eigenvalue weighted by atomic mass is 127. The van der Waals surface area contributed by atoms with Crippen molar-refractivity contribution in [1.82, 2.24) is 0 Å². The van der Waals surface area contributed by atoms with Crippen molar-refractivity contribution in [2.75, 3.05) is 10.6 Å². The van der Waals surface area contributed by atoms with Crippen LogP contribution in [-0.2, 0) is 0 Å². The molecule has 0 saturated heterocycles. The van der Waals surface area contributed by atoms with E-state index in [-0.39, 0.29) is 11.1 Å². The van der Waals surface area contributed by atoms with E-state index in [0.717, 1.165) is 18.5 Å². The van der Waals surface area contributed by atoms with Gasteiger partial charge in [-0.25, -0.2) is 9.59 Å². The number of aromatic carboxylic acids is 2. The van der Waals surface area contributed by atoms with Crippen LogP contribution in [0.25, 0.3) is 0 Å². The molecule has 0 atom stereocenters. The number of anilines is 4. The molecule has 0 aromatic heterocycles. The second-order valence-corrected chi connectivity index (χ2v) is 8.09. The summed E-state index contributed by atoms with van der Waals surface area (Å²) in [5, 5.41) is 25.4. The fraction of sp³-hybridized carbons (Fsp3) is 0. The van der Waals surface area contributed by atoms with E-state index >= 15 is 0 Å². The minimum Gasteiger partial charge on any atom is -0.478 e. The van der Waals surface area contributed by atoms with E-state index in [1.165, 1.54) is 12.1 Å². The molecule has 142 valence electrons. The van der Waals surface area contributed by atoms with Crippen molar-refractivity contribution < 1.29 is 19.8 Å². The van der Waals surface area contributed by atoms with Crippen LogP contribution in [0.4, 0.5) is 22.7 Å². The molecule has 0 aliphatic carbocycles. The second-order valence-electron chi connectivity index (χ2n) is 5.76. The Kier molecular flexibility index (Phi) is 6.39. The highest BCUT2D eigenvalue weighted by Gasteiger charge is 2.20. The van der Waals surface area contributed by atoms with E-state index in [4.69, 9.17) is 0 Å². The summed E-state index contributed by atoms with van der Waals surface area (Å²) < 4.78 is 1.89. The number of hydrogen-bond donors (Lipinski definition) is 4. The van der Waals surface area contributed by atoms with Gasteiger partial charge in [-0.15, -0.1) is 0 Å². The molecule has 8 heteroatoms. The first-order valence-corrected chi connectivity index (χ1v) is 10.2. The summed E-state index contributed by atoms with van der Waals surface area (Å²) >= 11 is 4.35. The zero-order chi connectivity index (χ0) is 20.3. The third-order valence-electron chi connectivity index (χ3n) is 3.90. The highest BCUT2D eigenvalue weighted by molar-refractivity contribution is 14.1. The van der Waals surface area contributed by atoms with Crippen LogP contribution >= 0.6 is 45.2 Å². The van der Waals surface area contributed by atoms with Gasteiger partial charge in [0.05, 0.1) is 33.9 Å². The molecular weight excluding hydrogens is 586 g/mol. The van der Waals surface area contributed by atoms with E-state index in [0.29, 0.717) is 11.4 Å². The van der Waals surface area contributed by atoms with E-state index < -0.39 is 11.9 Å². The van der Waals surface area contributed by atoms with Crippen molar-refractivity contribution in [3.63, 3.8) is 0 Å². The summed E-state index contributed by atoms with van der Waals surface area (Å²) in [6.45, 7) is 0. The van der Waals surface area contributed by atoms with Crippen LogP contribution in [0.1, 0.15) is 20.7 Å². The zero-order valence-corrected chi connectivity index (χ0v) is 18.6.